The van der Waals surface area contributed by atoms with Crippen molar-refractivity contribution < 1.29 is 19.0 Å². The highest BCUT2D eigenvalue weighted by Gasteiger charge is 2.26. The van der Waals surface area contributed by atoms with Crippen molar-refractivity contribution in [1.29, 1.82) is 0 Å². The Morgan fingerprint density at radius 1 is 1.21 bits per heavy atom. The number of ketones is 1. The summed E-state index contributed by atoms with van der Waals surface area (Å²) >= 11 is 0. The molecule has 1 amide bonds. The van der Waals surface area contributed by atoms with Crippen LogP contribution in [0.3, 0.4) is 0 Å². The van der Waals surface area contributed by atoms with Crippen LogP contribution in [0.25, 0.3) is 0 Å². The topological polar surface area (TPSA) is 69.7 Å². The van der Waals surface area contributed by atoms with Gasteiger partial charge < -0.3 is 19.5 Å². The maximum absolute atomic E-state index is 12.4. The zero-order valence-electron chi connectivity index (χ0n) is 18.4. The number of ether oxygens (including phenoxy) is 1. The van der Waals surface area contributed by atoms with E-state index in [0.717, 1.165) is 19.5 Å². The molecular formula is C23H36N2O4. The van der Waals surface area contributed by atoms with E-state index in [9.17, 15) is 14.8 Å². The van der Waals surface area contributed by atoms with Crippen molar-refractivity contribution in [3.63, 3.8) is 0 Å². The van der Waals surface area contributed by atoms with Gasteiger partial charge in [-0.05, 0) is 33.6 Å². The lowest BCUT2D eigenvalue weighted by Gasteiger charge is -2.47. The molecule has 6 heteroatoms. The normalized spacial score (nSPS) is 25.1. The van der Waals surface area contributed by atoms with E-state index in [1.54, 1.807) is 4.90 Å². The molecule has 1 aromatic rings. The molecule has 2 heterocycles. The molecule has 3 rings (SSSR count). The summed E-state index contributed by atoms with van der Waals surface area (Å²) in [6.45, 7) is 10.9. The number of carbonyl (C=O) groups is 2. The second-order valence-corrected chi connectivity index (χ2v) is 9.36. The Morgan fingerprint density at radius 3 is 2.38 bits per heavy atom. The Balaban J connectivity index is 0.000000208. The summed E-state index contributed by atoms with van der Waals surface area (Å²) in [7, 11) is 0. The molecule has 2 aliphatic rings. The Morgan fingerprint density at radius 2 is 1.83 bits per heavy atom. The number of piperidine rings is 2. The fourth-order valence-electron chi connectivity index (χ4n) is 3.80. The Kier molecular flexibility index (Phi) is 8.23. The van der Waals surface area contributed by atoms with Crippen LogP contribution >= 0.6 is 0 Å². The van der Waals surface area contributed by atoms with E-state index in [0.29, 0.717) is 38.4 Å². The van der Waals surface area contributed by atoms with Crippen LogP contribution in [0.5, 0.6) is 0 Å². The number of benzene rings is 1. The standard InChI is InChI=1S/C13H19NO.C10H17NO3/c1-12-6-5-9-14(15,10-12)11-13-7-3-2-4-8-13;1-10(2,3)14-9(13)11-6-4-8(12)5-7-11/h2-4,7-8,12H,5-6,9-11H2,1H3;4-7H2,1-3H3. The minimum absolute atomic E-state index is 0.0226. The zero-order valence-corrected chi connectivity index (χ0v) is 18.4. The molecule has 2 unspecified atom stereocenters. The van der Waals surface area contributed by atoms with Gasteiger partial charge in [0.15, 0.2) is 0 Å². The molecule has 162 valence electrons. The van der Waals surface area contributed by atoms with Crippen LogP contribution in [0.1, 0.15) is 58.9 Å². The lowest BCUT2D eigenvalue weighted by Crippen LogP contribution is -2.48. The summed E-state index contributed by atoms with van der Waals surface area (Å²) in [4.78, 5) is 24.0. The number of nitrogens with zero attached hydrogens (tertiary/aromatic N) is 2. The van der Waals surface area contributed by atoms with Gasteiger partial charge in [-0.1, -0.05) is 37.3 Å². The molecule has 2 atom stereocenters. The summed E-state index contributed by atoms with van der Waals surface area (Å²) in [5.41, 5.74) is 0.708. The molecule has 1 aromatic carbocycles. The second-order valence-electron chi connectivity index (χ2n) is 9.36. The van der Waals surface area contributed by atoms with Crippen LogP contribution in [0, 0.1) is 11.1 Å². The van der Waals surface area contributed by atoms with Crippen molar-refractivity contribution in [3.8, 4) is 0 Å². The van der Waals surface area contributed by atoms with Gasteiger partial charge in [-0.2, -0.15) is 0 Å². The van der Waals surface area contributed by atoms with Crippen molar-refractivity contribution in [3.05, 3.63) is 41.1 Å². The van der Waals surface area contributed by atoms with E-state index in [2.05, 4.69) is 19.1 Å². The van der Waals surface area contributed by atoms with E-state index < -0.39 is 5.60 Å². The number of Topliss-reactive ketones (excluding diaryl/α,β-unsaturated/α-hetero) is 1. The number of carbonyl (C=O) groups excluding carboxylic acids is 2. The number of likely N-dealkylation sites (tertiary alicyclic amines) is 2. The van der Waals surface area contributed by atoms with E-state index >= 15 is 0 Å². The minimum atomic E-state index is -0.460. The Hall–Kier alpha value is -1.92. The van der Waals surface area contributed by atoms with Crippen LogP contribution in [-0.2, 0) is 16.1 Å². The van der Waals surface area contributed by atoms with Gasteiger partial charge in [-0.25, -0.2) is 4.79 Å². The number of hydroxylamine groups is 3. The summed E-state index contributed by atoms with van der Waals surface area (Å²) in [6, 6.07) is 10.1. The van der Waals surface area contributed by atoms with Crippen LogP contribution in [-0.4, -0.2) is 53.2 Å². The molecule has 2 saturated heterocycles. The minimum Gasteiger partial charge on any atom is -0.633 e. The summed E-state index contributed by atoms with van der Waals surface area (Å²) in [5, 5.41) is 12.4. The molecular weight excluding hydrogens is 368 g/mol. The predicted molar refractivity (Wildman–Crippen MR) is 114 cm³/mol. The third-order valence-corrected chi connectivity index (χ3v) is 5.19. The van der Waals surface area contributed by atoms with Gasteiger partial charge in [-0.3, -0.25) is 4.79 Å². The largest absolute Gasteiger partial charge is 0.633 e. The lowest BCUT2D eigenvalue weighted by molar-refractivity contribution is -0.902. The SMILES string of the molecule is CC(C)(C)OC(=O)N1CCC(=O)CC1.CC1CCC[N+]([O-])(Cc2ccccc2)C1. The average Bonchev–Trinajstić information content (AvgIpc) is 2.61. The third kappa shape index (κ3) is 8.54. The van der Waals surface area contributed by atoms with Crippen molar-refractivity contribution in [2.75, 3.05) is 26.2 Å². The van der Waals surface area contributed by atoms with Gasteiger partial charge in [0.2, 0.25) is 0 Å². The monoisotopic (exact) mass is 404 g/mol. The highest BCUT2D eigenvalue weighted by Crippen LogP contribution is 2.24. The Bertz CT molecular complexity index is 661. The lowest BCUT2D eigenvalue weighted by atomic mass is 9.99. The number of hydrogen-bond donors (Lipinski definition) is 0. The number of rotatable bonds is 2. The molecule has 2 aliphatic heterocycles. The number of amides is 1. The van der Waals surface area contributed by atoms with Crippen LogP contribution in [0.2, 0.25) is 0 Å². The average molecular weight is 405 g/mol. The fourth-order valence-corrected chi connectivity index (χ4v) is 3.80. The molecule has 0 aromatic heterocycles. The second kappa shape index (κ2) is 10.2. The maximum Gasteiger partial charge on any atom is 0.410 e. The predicted octanol–water partition coefficient (Wildman–Crippen LogP) is 4.52. The first-order chi connectivity index (χ1) is 13.6. The van der Waals surface area contributed by atoms with E-state index in [1.807, 2.05) is 39.0 Å². The smallest absolute Gasteiger partial charge is 0.410 e. The maximum atomic E-state index is 12.4. The molecule has 0 spiro atoms. The summed E-state index contributed by atoms with van der Waals surface area (Å²) < 4.78 is 5.17. The molecule has 0 radical (unpaired) electrons. The first kappa shape index (κ1) is 23.4. The van der Waals surface area contributed by atoms with Gasteiger partial charge in [0.25, 0.3) is 0 Å². The number of quaternary nitrogens is 1. The van der Waals surface area contributed by atoms with E-state index in [1.165, 1.54) is 12.0 Å². The Labute approximate surface area is 175 Å². The van der Waals surface area contributed by atoms with Gasteiger partial charge in [0.05, 0.1) is 13.1 Å². The van der Waals surface area contributed by atoms with Gasteiger partial charge >= 0.3 is 6.09 Å². The molecule has 0 N–H and O–H groups in total. The first-order valence-corrected chi connectivity index (χ1v) is 10.7. The zero-order chi connectivity index (χ0) is 21.5. The molecule has 2 fully saturated rings. The third-order valence-electron chi connectivity index (χ3n) is 5.19. The molecule has 0 aliphatic carbocycles. The van der Waals surface area contributed by atoms with Crippen molar-refractivity contribution >= 4 is 11.9 Å². The highest BCUT2D eigenvalue weighted by atomic mass is 16.6. The fraction of sp³-hybridized carbons (Fsp3) is 0.652. The van der Waals surface area contributed by atoms with Crippen molar-refractivity contribution in [2.45, 2.75) is 65.5 Å². The van der Waals surface area contributed by atoms with Crippen molar-refractivity contribution in [1.82, 2.24) is 4.90 Å². The number of hydrogen-bond acceptors (Lipinski definition) is 4. The van der Waals surface area contributed by atoms with Crippen LogP contribution in [0.4, 0.5) is 4.79 Å². The van der Waals surface area contributed by atoms with Gasteiger partial charge in [0.1, 0.15) is 17.9 Å². The van der Waals surface area contributed by atoms with Crippen LogP contribution < -0.4 is 0 Å². The van der Waals surface area contributed by atoms with Gasteiger partial charge in [0, 0.05) is 37.4 Å². The quantitative estimate of drug-likeness (QED) is 0.537. The van der Waals surface area contributed by atoms with Crippen LogP contribution in [0.15, 0.2) is 30.3 Å². The highest BCUT2D eigenvalue weighted by molar-refractivity contribution is 5.81. The molecule has 0 bridgehead atoms. The molecule has 0 saturated carbocycles. The van der Waals surface area contributed by atoms with E-state index in [4.69, 9.17) is 4.74 Å². The summed E-state index contributed by atoms with van der Waals surface area (Å²) in [6.07, 6.45) is 2.90. The van der Waals surface area contributed by atoms with Crippen molar-refractivity contribution in [2.24, 2.45) is 5.92 Å². The first-order valence-electron chi connectivity index (χ1n) is 10.7. The van der Waals surface area contributed by atoms with Gasteiger partial charge in [-0.15, -0.1) is 0 Å². The summed E-state index contributed by atoms with van der Waals surface area (Å²) in [5.74, 6) is 0.810. The molecule has 6 nitrogen and oxygen atoms in total. The van der Waals surface area contributed by atoms with E-state index in [-0.39, 0.29) is 16.5 Å². The molecule has 29 heavy (non-hydrogen) atoms.